The Balaban J connectivity index is 1.85. The summed E-state index contributed by atoms with van der Waals surface area (Å²) in [6.45, 7) is 0.684. The highest BCUT2D eigenvalue weighted by atomic mass is 19.4. The molecule has 2 heterocycles. The largest absolute Gasteiger partial charge is 0.573 e. The number of nitrogens with two attached hydrogens (primary N) is 1. The van der Waals surface area contributed by atoms with Gasteiger partial charge in [-0.2, -0.15) is 4.98 Å². The van der Waals surface area contributed by atoms with Crippen molar-refractivity contribution in [1.29, 1.82) is 0 Å². The number of anilines is 2. The van der Waals surface area contributed by atoms with Gasteiger partial charge < -0.3 is 15.8 Å². The van der Waals surface area contributed by atoms with Crippen LogP contribution in [0.2, 0.25) is 0 Å². The summed E-state index contributed by atoms with van der Waals surface area (Å²) in [5.74, 6) is 0.458. The van der Waals surface area contributed by atoms with Crippen LogP contribution in [0.5, 0.6) is 5.75 Å². The summed E-state index contributed by atoms with van der Waals surface area (Å²) in [5, 5.41) is 7.16. The summed E-state index contributed by atoms with van der Waals surface area (Å²) in [7, 11) is 0. The second kappa shape index (κ2) is 4.83. The number of rotatable bonds is 2. The summed E-state index contributed by atoms with van der Waals surface area (Å²) >= 11 is 0. The summed E-state index contributed by atoms with van der Waals surface area (Å²) in [4.78, 5) is 4.04. The average molecular weight is 299 g/mol. The first kappa shape index (κ1) is 13.5. The number of aromatic nitrogens is 3. The van der Waals surface area contributed by atoms with Gasteiger partial charge in [-0.25, -0.2) is 4.68 Å². The number of ether oxygens (including phenoxy) is 1. The van der Waals surface area contributed by atoms with Gasteiger partial charge in [-0.1, -0.05) is 12.1 Å². The van der Waals surface area contributed by atoms with E-state index in [-0.39, 0.29) is 17.7 Å². The molecule has 1 aromatic carbocycles. The number of nitrogen functional groups attached to an aromatic ring is 1. The lowest BCUT2D eigenvalue weighted by Gasteiger charge is -2.24. The van der Waals surface area contributed by atoms with Gasteiger partial charge >= 0.3 is 6.36 Å². The molecule has 3 rings (SSSR count). The fourth-order valence-corrected chi connectivity index (χ4v) is 2.32. The molecule has 1 aliphatic heterocycles. The van der Waals surface area contributed by atoms with Gasteiger partial charge in [0.15, 0.2) is 0 Å². The smallest absolute Gasteiger partial charge is 0.406 e. The molecule has 0 saturated carbocycles. The van der Waals surface area contributed by atoms with E-state index in [4.69, 9.17) is 5.73 Å². The maximum absolute atomic E-state index is 12.1. The topological polar surface area (TPSA) is 78.0 Å². The average Bonchev–Trinajstić information content (AvgIpc) is 2.78. The van der Waals surface area contributed by atoms with E-state index < -0.39 is 6.36 Å². The number of hydrogen-bond acceptors (Lipinski definition) is 5. The Labute approximate surface area is 117 Å². The van der Waals surface area contributed by atoms with E-state index in [0.717, 1.165) is 12.0 Å². The van der Waals surface area contributed by atoms with Crippen molar-refractivity contribution >= 4 is 11.9 Å². The van der Waals surface area contributed by atoms with Crippen molar-refractivity contribution in [3.63, 3.8) is 0 Å². The number of fused-ring (bicyclic) bond motifs is 1. The van der Waals surface area contributed by atoms with E-state index in [2.05, 4.69) is 20.1 Å². The predicted octanol–water partition coefficient (Wildman–Crippen LogP) is 2.16. The number of nitrogens with zero attached hydrogens (tertiary/aromatic N) is 3. The molecule has 0 radical (unpaired) electrons. The normalized spacial score (nSPS) is 18.0. The molecular weight excluding hydrogens is 287 g/mol. The monoisotopic (exact) mass is 299 g/mol. The molecule has 1 unspecified atom stereocenters. The van der Waals surface area contributed by atoms with E-state index in [0.29, 0.717) is 12.5 Å². The molecular formula is C12H12F3N5O. The Kier molecular flexibility index (Phi) is 3.11. The van der Waals surface area contributed by atoms with Gasteiger partial charge in [0.25, 0.3) is 0 Å². The molecule has 9 heteroatoms. The summed E-state index contributed by atoms with van der Waals surface area (Å²) in [6, 6.07) is 5.61. The highest BCUT2D eigenvalue weighted by Gasteiger charge is 2.31. The summed E-state index contributed by atoms with van der Waals surface area (Å²) in [6.07, 6.45) is -3.96. The molecule has 112 valence electrons. The van der Waals surface area contributed by atoms with Gasteiger partial charge in [-0.15, -0.1) is 18.3 Å². The van der Waals surface area contributed by atoms with Gasteiger partial charge in [-0.05, 0) is 24.1 Å². The van der Waals surface area contributed by atoms with Gasteiger partial charge in [-0.3, -0.25) is 0 Å². The Hall–Kier alpha value is -2.45. The van der Waals surface area contributed by atoms with E-state index in [1.54, 1.807) is 16.8 Å². The standard InChI is InChI=1S/C12H12F3N5O/c13-12(14,15)21-8-3-1-7(2-4-8)9-5-6-17-11-18-10(16)19-20(9)11/h1-4,9H,5-6H2,(H3,16,17,18,19). The third-order valence-electron chi connectivity index (χ3n) is 3.14. The van der Waals surface area contributed by atoms with Crippen LogP contribution in [-0.4, -0.2) is 27.7 Å². The van der Waals surface area contributed by atoms with Crippen molar-refractivity contribution in [2.24, 2.45) is 0 Å². The highest BCUT2D eigenvalue weighted by molar-refractivity contribution is 5.38. The molecule has 0 fully saturated rings. The SMILES string of the molecule is Nc1nc2n(n1)C(c1ccc(OC(F)(F)F)cc1)CCN2. The molecule has 3 N–H and O–H groups in total. The maximum Gasteiger partial charge on any atom is 0.573 e. The third-order valence-corrected chi connectivity index (χ3v) is 3.14. The van der Waals surface area contributed by atoms with E-state index in [1.165, 1.54) is 12.1 Å². The Morgan fingerprint density at radius 2 is 2.00 bits per heavy atom. The quantitative estimate of drug-likeness (QED) is 0.888. The van der Waals surface area contributed by atoms with E-state index >= 15 is 0 Å². The van der Waals surface area contributed by atoms with Gasteiger partial charge in [0, 0.05) is 6.54 Å². The lowest BCUT2D eigenvalue weighted by molar-refractivity contribution is -0.274. The minimum atomic E-state index is -4.69. The van der Waals surface area contributed by atoms with Crippen molar-refractivity contribution in [2.45, 2.75) is 18.8 Å². The molecule has 0 saturated heterocycles. The second-order valence-electron chi connectivity index (χ2n) is 4.59. The third kappa shape index (κ3) is 2.86. The lowest BCUT2D eigenvalue weighted by atomic mass is 10.0. The van der Waals surface area contributed by atoms with Gasteiger partial charge in [0.1, 0.15) is 5.75 Å². The van der Waals surface area contributed by atoms with Crippen molar-refractivity contribution < 1.29 is 17.9 Å². The Morgan fingerprint density at radius 1 is 1.29 bits per heavy atom. The van der Waals surface area contributed by atoms with Crippen LogP contribution in [0.1, 0.15) is 18.0 Å². The first-order valence-electron chi connectivity index (χ1n) is 6.24. The molecule has 0 aliphatic carbocycles. The molecule has 21 heavy (non-hydrogen) atoms. The molecule has 1 aliphatic rings. The molecule has 0 spiro atoms. The molecule has 1 atom stereocenters. The van der Waals surface area contributed by atoms with Crippen LogP contribution in [0.25, 0.3) is 0 Å². The minimum Gasteiger partial charge on any atom is -0.406 e. The number of alkyl halides is 3. The number of hydrogen-bond donors (Lipinski definition) is 2. The zero-order valence-electron chi connectivity index (χ0n) is 10.8. The molecule has 1 aromatic heterocycles. The molecule has 6 nitrogen and oxygen atoms in total. The van der Waals surface area contributed by atoms with E-state index in [1.807, 2.05) is 0 Å². The van der Waals surface area contributed by atoms with Gasteiger partial charge in [0.05, 0.1) is 6.04 Å². The van der Waals surface area contributed by atoms with Gasteiger partial charge in [0.2, 0.25) is 11.9 Å². The first-order chi connectivity index (χ1) is 9.92. The van der Waals surface area contributed by atoms with Crippen LogP contribution >= 0.6 is 0 Å². The van der Waals surface area contributed by atoms with Crippen LogP contribution in [0, 0.1) is 0 Å². The number of halogens is 3. The Morgan fingerprint density at radius 3 is 2.67 bits per heavy atom. The second-order valence-corrected chi connectivity index (χ2v) is 4.59. The van der Waals surface area contributed by atoms with Crippen LogP contribution < -0.4 is 15.8 Å². The lowest BCUT2D eigenvalue weighted by Crippen LogP contribution is -2.24. The summed E-state index contributed by atoms with van der Waals surface area (Å²) < 4.78 is 41.9. The zero-order valence-corrected chi connectivity index (χ0v) is 10.8. The van der Waals surface area contributed by atoms with Crippen molar-refractivity contribution in [3.05, 3.63) is 29.8 Å². The minimum absolute atomic E-state index is 0.119. The molecule has 0 bridgehead atoms. The Bertz CT molecular complexity index is 637. The van der Waals surface area contributed by atoms with Crippen LogP contribution in [-0.2, 0) is 0 Å². The molecule has 0 amide bonds. The van der Waals surface area contributed by atoms with Crippen LogP contribution in [0.4, 0.5) is 25.1 Å². The molecule has 2 aromatic rings. The van der Waals surface area contributed by atoms with Crippen molar-refractivity contribution in [3.8, 4) is 5.75 Å². The fourth-order valence-electron chi connectivity index (χ4n) is 2.32. The first-order valence-corrected chi connectivity index (χ1v) is 6.24. The van der Waals surface area contributed by atoms with Crippen molar-refractivity contribution in [2.75, 3.05) is 17.6 Å². The number of benzene rings is 1. The van der Waals surface area contributed by atoms with Crippen molar-refractivity contribution in [1.82, 2.24) is 14.8 Å². The zero-order chi connectivity index (χ0) is 15.0. The van der Waals surface area contributed by atoms with E-state index in [9.17, 15) is 13.2 Å². The fraction of sp³-hybridized carbons (Fsp3) is 0.333. The van der Waals surface area contributed by atoms with Crippen LogP contribution in [0.15, 0.2) is 24.3 Å². The maximum atomic E-state index is 12.1. The summed E-state index contributed by atoms with van der Waals surface area (Å²) in [5.41, 5.74) is 6.38. The van der Waals surface area contributed by atoms with Crippen LogP contribution in [0.3, 0.4) is 0 Å². The number of nitrogens with one attached hydrogen (secondary N) is 1. The predicted molar refractivity (Wildman–Crippen MR) is 68.8 cm³/mol. The highest BCUT2D eigenvalue weighted by Crippen LogP contribution is 2.30.